The van der Waals surface area contributed by atoms with E-state index in [1.165, 1.54) is 12.3 Å². The number of anilines is 2. The van der Waals surface area contributed by atoms with Crippen LogP contribution in [0.1, 0.15) is 21.6 Å². The van der Waals surface area contributed by atoms with Gasteiger partial charge in [0.1, 0.15) is 5.82 Å². The third-order valence-electron chi connectivity index (χ3n) is 4.76. The van der Waals surface area contributed by atoms with Crippen molar-refractivity contribution in [1.82, 2.24) is 15.6 Å². The number of benzene rings is 2. The fourth-order valence-corrected chi connectivity index (χ4v) is 3.49. The lowest BCUT2D eigenvalue weighted by Gasteiger charge is -2.15. The van der Waals surface area contributed by atoms with E-state index in [-0.39, 0.29) is 18.3 Å². The molecule has 0 bridgehead atoms. The summed E-state index contributed by atoms with van der Waals surface area (Å²) in [7, 11) is -1.10. The van der Waals surface area contributed by atoms with Crippen LogP contribution in [0.4, 0.5) is 15.9 Å². The van der Waals surface area contributed by atoms with Crippen LogP contribution in [0.2, 0.25) is 0 Å². The second-order valence-corrected chi connectivity index (χ2v) is 7.87. The van der Waals surface area contributed by atoms with Crippen molar-refractivity contribution < 1.29 is 23.5 Å². The Balaban J connectivity index is 1.30. The third kappa shape index (κ3) is 5.24. The Labute approximate surface area is 196 Å². The molecule has 1 aromatic heterocycles. The highest BCUT2D eigenvalue weighted by atomic mass is 79.9. The first kappa shape index (κ1) is 22.6. The lowest BCUT2D eigenvalue weighted by Crippen LogP contribution is -2.37. The summed E-state index contributed by atoms with van der Waals surface area (Å²) < 4.78 is 23.6. The van der Waals surface area contributed by atoms with Crippen LogP contribution in [0.25, 0.3) is 11.8 Å². The minimum Gasteiger partial charge on any atom is -0.538 e. The SMILES string of the molecule is C=C(Nc1ccc(F)c(Br)c1)c1nonc1NCCNC(=O)c1ccc2c(c1)B(O)OC=C2. The molecule has 1 amide bonds. The van der Waals surface area contributed by atoms with Gasteiger partial charge in [-0.3, -0.25) is 4.79 Å². The van der Waals surface area contributed by atoms with Crippen LogP contribution in [-0.2, 0) is 4.65 Å². The van der Waals surface area contributed by atoms with E-state index >= 15 is 0 Å². The van der Waals surface area contributed by atoms with Gasteiger partial charge >= 0.3 is 7.12 Å². The van der Waals surface area contributed by atoms with Crippen molar-refractivity contribution in [1.29, 1.82) is 0 Å². The second kappa shape index (κ2) is 9.88. The van der Waals surface area contributed by atoms with Crippen molar-refractivity contribution in [3.63, 3.8) is 0 Å². The standard InChI is InChI=1S/C21H18BBrFN5O4/c1-12(27-15-4-5-18(24)17(23)11-15)19-20(29-33-28-19)25-7-8-26-21(30)14-3-2-13-6-9-32-22(31)16(13)10-14/h2-6,9-11,27,31H,1,7-8H2,(H,25,29)(H,26,30). The number of amides is 1. The first-order chi connectivity index (χ1) is 15.9. The zero-order valence-electron chi connectivity index (χ0n) is 17.1. The Hall–Kier alpha value is -3.64. The molecule has 4 rings (SSSR count). The van der Waals surface area contributed by atoms with E-state index in [1.54, 1.807) is 36.4 Å². The molecule has 4 N–H and O–H groups in total. The monoisotopic (exact) mass is 513 g/mol. The number of hydrogen-bond acceptors (Lipinski definition) is 8. The summed E-state index contributed by atoms with van der Waals surface area (Å²) in [6, 6.07) is 9.46. The van der Waals surface area contributed by atoms with Gasteiger partial charge in [0.05, 0.1) is 16.4 Å². The molecule has 1 aliphatic rings. The smallest absolute Gasteiger partial charge is 0.538 e. The molecule has 0 fully saturated rings. The summed E-state index contributed by atoms with van der Waals surface area (Å²) in [6.45, 7) is 4.53. The quantitative estimate of drug-likeness (QED) is 0.268. The molecule has 0 saturated carbocycles. The Morgan fingerprint density at radius 3 is 2.88 bits per heavy atom. The van der Waals surface area contributed by atoms with E-state index in [2.05, 4.69) is 48.8 Å². The number of halogens is 2. The van der Waals surface area contributed by atoms with Gasteiger partial charge in [0.25, 0.3) is 5.91 Å². The van der Waals surface area contributed by atoms with E-state index in [4.69, 9.17) is 9.28 Å². The average molecular weight is 514 g/mol. The summed E-state index contributed by atoms with van der Waals surface area (Å²) in [6.07, 6.45) is 3.13. The lowest BCUT2D eigenvalue weighted by atomic mass is 9.74. The molecule has 0 aliphatic carbocycles. The molecular weight excluding hydrogens is 496 g/mol. The van der Waals surface area contributed by atoms with Gasteiger partial charge in [-0.05, 0) is 68.2 Å². The van der Waals surface area contributed by atoms with E-state index in [0.717, 1.165) is 5.56 Å². The van der Waals surface area contributed by atoms with E-state index < -0.39 is 7.12 Å². The summed E-state index contributed by atoms with van der Waals surface area (Å²) in [5, 5.41) is 26.4. The van der Waals surface area contributed by atoms with Crippen LogP contribution < -0.4 is 21.4 Å². The van der Waals surface area contributed by atoms with Crippen LogP contribution in [0.3, 0.4) is 0 Å². The fraction of sp³-hybridized carbons (Fsp3) is 0.0952. The first-order valence-corrected chi connectivity index (χ1v) is 10.6. The maximum Gasteiger partial charge on any atom is 0.560 e. The van der Waals surface area contributed by atoms with Crippen molar-refractivity contribution in [2.45, 2.75) is 0 Å². The predicted molar refractivity (Wildman–Crippen MR) is 126 cm³/mol. The van der Waals surface area contributed by atoms with Gasteiger partial charge in [-0.1, -0.05) is 12.6 Å². The molecule has 2 heterocycles. The van der Waals surface area contributed by atoms with Gasteiger partial charge in [-0.25, -0.2) is 9.02 Å². The van der Waals surface area contributed by atoms with E-state index in [0.29, 0.717) is 44.9 Å². The zero-order chi connectivity index (χ0) is 23.4. The fourth-order valence-electron chi connectivity index (χ4n) is 3.11. The minimum atomic E-state index is -1.10. The summed E-state index contributed by atoms with van der Waals surface area (Å²) >= 11 is 3.13. The Kier molecular flexibility index (Phi) is 6.75. The molecule has 0 radical (unpaired) electrons. The molecule has 2 aromatic carbocycles. The van der Waals surface area contributed by atoms with E-state index in [9.17, 15) is 14.2 Å². The molecule has 33 heavy (non-hydrogen) atoms. The summed E-state index contributed by atoms with van der Waals surface area (Å²) in [5.74, 6) is -0.341. The van der Waals surface area contributed by atoms with Gasteiger partial charge in [-0.15, -0.1) is 0 Å². The van der Waals surface area contributed by atoms with Gasteiger partial charge in [-0.2, -0.15) is 0 Å². The number of carbonyl (C=O) groups is 1. The van der Waals surface area contributed by atoms with Crippen molar-refractivity contribution >= 4 is 57.7 Å². The number of nitrogens with one attached hydrogen (secondary N) is 3. The predicted octanol–water partition coefficient (Wildman–Crippen LogP) is 2.58. The second-order valence-electron chi connectivity index (χ2n) is 7.01. The normalized spacial score (nSPS) is 12.0. The maximum absolute atomic E-state index is 13.4. The Morgan fingerprint density at radius 2 is 2.06 bits per heavy atom. The van der Waals surface area contributed by atoms with Crippen LogP contribution in [0.5, 0.6) is 0 Å². The molecule has 0 atom stereocenters. The average Bonchev–Trinajstić information content (AvgIpc) is 3.28. The minimum absolute atomic E-state index is 0.284. The highest BCUT2D eigenvalue weighted by Gasteiger charge is 2.24. The highest BCUT2D eigenvalue weighted by Crippen LogP contribution is 2.24. The van der Waals surface area contributed by atoms with Crippen LogP contribution >= 0.6 is 15.9 Å². The largest absolute Gasteiger partial charge is 0.560 e. The third-order valence-corrected chi connectivity index (χ3v) is 5.37. The number of aromatic nitrogens is 2. The number of hydrogen-bond donors (Lipinski definition) is 4. The van der Waals surface area contributed by atoms with Gasteiger partial charge in [0.2, 0.25) is 5.82 Å². The summed E-state index contributed by atoms with van der Waals surface area (Å²) in [5.41, 5.74) is 3.06. The molecular formula is C21H18BBrFN5O4. The van der Waals surface area contributed by atoms with Crippen LogP contribution in [0.15, 0.2) is 58.3 Å². The molecule has 168 valence electrons. The molecule has 9 nitrogen and oxygen atoms in total. The maximum atomic E-state index is 13.4. The van der Waals surface area contributed by atoms with Gasteiger partial charge < -0.3 is 25.6 Å². The first-order valence-electron chi connectivity index (χ1n) is 9.82. The molecule has 0 spiro atoms. The number of carbonyl (C=O) groups excluding carboxylic acids is 1. The van der Waals surface area contributed by atoms with Crippen molar-refractivity contribution in [2.24, 2.45) is 0 Å². The molecule has 0 unspecified atom stereocenters. The summed E-state index contributed by atoms with van der Waals surface area (Å²) in [4.78, 5) is 12.4. The van der Waals surface area contributed by atoms with Crippen LogP contribution in [0, 0.1) is 5.82 Å². The Morgan fingerprint density at radius 1 is 1.21 bits per heavy atom. The molecule has 1 aliphatic heterocycles. The van der Waals surface area contributed by atoms with Crippen LogP contribution in [-0.4, -0.2) is 41.5 Å². The number of rotatable bonds is 8. The van der Waals surface area contributed by atoms with E-state index in [1.807, 2.05) is 0 Å². The van der Waals surface area contributed by atoms with Gasteiger partial charge in [0.15, 0.2) is 5.69 Å². The molecule has 0 saturated heterocycles. The Bertz CT molecular complexity index is 1240. The lowest BCUT2D eigenvalue weighted by molar-refractivity contribution is 0.0955. The number of nitrogens with zero attached hydrogens (tertiary/aromatic N) is 2. The van der Waals surface area contributed by atoms with Crippen molar-refractivity contribution in [3.8, 4) is 0 Å². The topological polar surface area (TPSA) is 122 Å². The molecule has 3 aromatic rings. The highest BCUT2D eigenvalue weighted by molar-refractivity contribution is 9.10. The zero-order valence-corrected chi connectivity index (χ0v) is 18.7. The van der Waals surface area contributed by atoms with Gasteiger partial charge in [0, 0.05) is 29.8 Å². The molecule has 12 heteroatoms. The van der Waals surface area contributed by atoms with Crippen molar-refractivity contribution in [3.05, 3.63) is 76.3 Å². The van der Waals surface area contributed by atoms with Crippen molar-refractivity contribution in [2.75, 3.05) is 23.7 Å². The number of fused-ring (bicyclic) bond motifs is 1.